The van der Waals surface area contributed by atoms with E-state index in [0.717, 1.165) is 25.8 Å². The molecule has 1 unspecified atom stereocenters. The molecule has 0 aromatic heterocycles. The second-order valence-electron chi connectivity index (χ2n) is 7.05. The Morgan fingerprint density at radius 1 is 1.22 bits per heavy atom. The number of nitrogens with zero attached hydrogens (tertiary/aromatic N) is 2. The molecule has 1 saturated heterocycles. The fourth-order valence-electron chi connectivity index (χ4n) is 3.13. The molecule has 2 rings (SSSR count). The first-order chi connectivity index (χ1) is 12.4. The van der Waals surface area contributed by atoms with Gasteiger partial charge in [0.25, 0.3) is 0 Å². The van der Waals surface area contributed by atoms with Gasteiger partial charge in [-0.15, -0.1) is 24.0 Å². The van der Waals surface area contributed by atoms with Gasteiger partial charge >= 0.3 is 0 Å². The summed E-state index contributed by atoms with van der Waals surface area (Å²) in [5.74, 6) is 1.27. The molecule has 27 heavy (non-hydrogen) atoms. The number of nitrogens with one attached hydrogen (secondary N) is 3. The lowest BCUT2D eigenvalue weighted by atomic mass is 9.86. The molecule has 0 aromatic carbocycles. The number of guanidine groups is 1. The van der Waals surface area contributed by atoms with Gasteiger partial charge in [-0.25, -0.2) is 13.1 Å². The van der Waals surface area contributed by atoms with Gasteiger partial charge < -0.3 is 15.5 Å². The monoisotopic (exact) mass is 515 g/mol. The fraction of sp³-hybridized carbons (Fsp3) is 0.882. The van der Waals surface area contributed by atoms with Crippen molar-refractivity contribution in [3.8, 4) is 0 Å². The van der Waals surface area contributed by atoms with Crippen LogP contribution in [0, 0.1) is 5.92 Å². The maximum Gasteiger partial charge on any atom is 0.222 e. The number of aliphatic imine (C=N–C) groups is 1. The standard InChI is InChI=1S/C17H33N5O3S.HI/c1-3-16(23)22-10-8-15(13-22)21-17(18-4-2)19-9-11-26(24,25)20-12-14-6-5-7-14;/h14-15,20H,3-13H2,1-2H3,(H2,18,19,21);1H. The highest BCUT2D eigenvalue weighted by Gasteiger charge is 2.26. The summed E-state index contributed by atoms with van der Waals surface area (Å²) in [4.78, 5) is 18.0. The van der Waals surface area contributed by atoms with Crippen LogP contribution in [0.2, 0.25) is 0 Å². The summed E-state index contributed by atoms with van der Waals surface area (Å²) < 4.78 is 26.8. The zero-order chi connectivity index (χ0) is 19.0. The molecule has 2 fully saturated rings. The molecule has 1 amide bonds. The normalized spacial score (nSPS) is 20.7. The van der Waals surface area contributed by atoms with Crippen LogP contribution in [-0.4, -0.2) is 69.7 Å². The lowest BCUT2D eigenvalue weighted by Crippen LogP contribution is -2.45. The summed E-state index contributed by atoms with van der Waals surface area (Å²) in [7, 11) is -3.28. The summed E-state index contributed by atoms with van der Waals surface area (Å²) >= 11 is 0. The molecule has 1 saturated carbocycles. The van der Waals surface area contributed by atoms with Gasteiger partial charge in [0.2, 0.25) is 15.9 Å². The van der Waals surface area contributed by atoms with Crippen molar-refractivity contribution in [1.82, 2.24) is 20.3 Å². The minimum Gasteiger partial charge on any atom is -0.357 e. The van der Waals surface area contributed by atoms with E-state index in [4.69, 9.17) is 0 Å². The Bertz CT molecular complexity index is 595. The highest BCUT2D eigenvalue weighted by molar-refractivity contribution is 14.0. The quantitative estimate of drug-likeness (QED) is 0.241. The van der Waals surface area contributed by atoms with Gasteiger partial charge in [-0.1, -0.05) is 13.3 Å². The van der Waals surface area contributed by atoms with Crippen molar-refractivity contribution in [2.24, 2.45) is 10.9 Å². The minimum atomic E-state index is -3.28. The second kappa shape index (κ2) is 12.1. The van der Waals surface area contributed by atoms with Crippen LogP contribution >= 0.6 is 24.0 Å². The van der Waals surface area contributed by atoms with E-state index in [1.807, 2.05) is 18.7 Å². The third-order valence-electron chi connectivity index (χ3n) is 4.98. The first kappa shape index (κ1) is 24.4. The zero-order valence-electron chi connectivity index (χ0n) is 16.4. The van der Waals surface area contributed by atoms with Crippen LogP contribution < -0.4 is 15.4 Å². The van der Waals surface area contributed by atoms with Crippen molar-refractivity contribution in [2.45, 2.75) is 52.0 Å². The highest BCUT2D eigenvalue weighted by Crippen LogP contribution is 2.25. The number of carbonyl (C=O) groups excluding carboxylic acids is 1. The van der Waals surface area contributed by atoms with Crippen LogP contribution in [0.4, 0.5) is 0 Å². The molecule has 1 aliphatic heterocycles. The van der Waals surface area contributed by atoms with Gasteiger partial charge in [-0.05, 0) is 32.1 Å². The lowest BCUT2D eigenvalue weighted by molar-refractivity contribution is -0.129. The molecule has 0 bridgehead atoms. The molecule has 8 nitrogen and oxygen atoms in total. The Kier molecular flexibility index (Phi) is 10.9. The Morgan fingerprint density at radius 2 is 1.96 bits per heavy atom. The molecule has 2 aliphatic rings. The second-order valence-corrected chi connectivity index (χ2v) is 8.97. The molecule has 1 atom stereocenters. The van der Waals surface area contributed by atoms with Crippen LogP contribution in [0.1, 0.15) is 46.0 Å². The number of carbonyl (C=O) groups is 1. The molecule has 3 N–H and O–H groups in total. The Balaban J connectivity index is 0.00000364. The number of rotatable bonds is 9. The van der Waals surface area contributed by atoms with Crippen molar-refractivity contribution in [3.63, 3.8) is 0 Å². The maximum atomic E-state index is 12.0. The summed E-state index contributed by atoms with van der Waals surface area (Å²) in [6.45, 7) is 6.71. The van der Waals surface area contributed by atoms with Gasteiger partial charge in [0, 0.05) is 38.6 Å². The number of halogens is 1. The van der Waals surface area contributed by atoms with Gasteiger partial charge in [-0.2, -0.15) is 0 Å². The van der Waals surface area contributed by atoms with Crippen LogP contribution in [0.25, 0.3) is 0 Å². The van der Waals surface area contributed by atoms with Crippen molar-refractivity contribution in [2.75, 3.05) is 38.5 Å². The topological polar surface area (TPSA) is 103 Å². The smallest absolute Gasteiger partial charge is 0.222 e. The van der Waals surface area contributed by atoms with Crippen molar-refractivity contribution >= 4 is 45.9 Å². The number of hydrogen-bond donors (Lipinski definition) is 3. The molecule has 0 radical (unpaired) electrons. The maximum absolute atomic E-state index is 12.0. The van der Waals surface area contributed by atoms with E-state index in [9.17, 15) is 13.2 Å². The van der Waals surface area contributed by atoms with Crippen LogP contribution in [0.5, 0.6) is 0 Å². The van der Waals surface area contributed by atoms with Gasteiger partial charge in [0.05, 0.1) is 12.3 Å². The van der Waals surface area contributed by atoms with Crippen LogP contribution in [-0.2, 0) is 14.8 Å². The number of hydrogen-bond acceptors (Lipinski definition) is 4. The van der Waals surface area contributed by atoms with E-state index in [1.165, 1.54) is 6.42 Å². The van der Waals surface area contributed by atoms with E-state index in [1.54, 1.807) is 0 Å². The van der Waals surface area contributed by atoms with E-state index >= 15 is 0 Å². The largest absolute Gasteiger partial charge is 0.357 e. The predicted octanol–water partition coefficient (Wildman–Crippen LogP) is 0.890. The number of amides is 1. The molecule has 0 spiro atoms. The number of sulfonamides is 1. The van der Waals surface area contributed by atoms with E-state index in [0.29, 0.717) is 37.9 Å². The van der Waals surface area contributed by atoms with Crippen molar-refractivity contribution in [1.29, 1.82) is 0 Å². The van der Waals surface area contributed by atoms with Gasteiger partial charge in [0.1, 0.15) is 0 Å². The summed E-state index contributed by atoms with van der Waals surface area (Å²) in [5.41, 5.74) is 0. The number of likely N-dealkylation sites (tertiary alicyclic amines) is 1. The summed E-state index contributed by atoms with van der Waals surface area (Å²) in [6.07, 6.45) is 4.84. The Morgan fingerprint density at radius 3 is 2.56 bits per heavy atom. The molecular formula is C17H34IN5O3S. The first-order valence-corrected chi connectivity index (χ1v) is 11.4. The van der Waals surface area contributed by atoms with Crippen molar-refractivity contribution in [3.05, 3.63) is 0 Å². The third kappa shape index (κ3) is 8.51. The molecule has 1 heterocycles. The molecular weight excluding hydrogens is 481 g/mol. The molecule has 10 heteroatoms. The summed E-state index contributed by atoms with van der Waals surface area (Å²) in [6, 6.07) is 0.150. The SMILES string of the molecule is CCNC(=NCCS(=O)(=O)NCC1CCC1)NC1CCN(C(=O)CC)C1.I. The zero-order valence-corrected chi connectivity index (χ0v) is 19.5. The third-order valence-corrected chi connectivity index (χ3v) is 6.30. The van der Waals surface area contributed by atoms with Crippen LogP contribution in [0.3, 0.4) is 0 Å². The predicted molar refractivity (Wildman–Crippen MR) is 119 cm³/mol. The van der Waals surface area contributed by atoms with Gasteiger partial charge in [0.15, 0.2) is 5.96 Å². The Hall–Kier alpha value is -0.620. The highest BCUT2D eigenvalue weighted by atomic mass is 127. The average molecular weight is 515 g/mol. The van der Waals surface area contributed by atoms with E-state index < -0.39 is 10.0 Å². The lowest BCUT2D eigenvalue weighted by Gasteiger charge is -2.25. The molecule has 0 aromatic rings. The molecule has 158 valence electrons. The summed E-state index contributed by atoms with van der Waals surface area (Å²) in [5, 5.41) is 6.45. The van der Waals surface area contributed by atoms with Crippen LogP contribution in [0.15, 0.2) is 4.99 Å². The first-order valence-electron chi connectivity index (χ1n) is 9.73. The fourth-order valence-corrected chi connectivity index (χ4v) is 4.10. The minimum absolute atomic E-state index is 0. The van der Waals surface area contributed by atoms with Gasteiger partial charge in [-0.3, -0.25) is 9.79 Å². The van der Waals surface area contributed by atoms with E-state index in [2.05, 4.69) is 20.3 Å². The molecule has 1 aliphatic carbocycles. The van der Waals surface area contributed by atoms with Crippen molar-refractivity contribution < 1.29 is 13.2 Å². The Labute approximate surface area is 180 Å². The van der Waals surface area contributed by atoms with E-state index in [-0.39, 0.29) is 48.2 Å². The average Bonchev–Trinajstić information content (AvgIpc) is 3.01.